The highest BCUT2D eigenvalue weighted by atomic mass is 15.1. The molecule has 0 aliphatic carbocycles. The molecule has 0 radical (unpaired) electrons. The lowest BCUT2D eigenvalue weighted by Crippen LogP contribution is -2.19. The van der Waals surface area contributed by atoms with Crippen LogP contribution in [0.25, 0.3) is 5.82 Å². The van der Waals surface area contributed by atoms with Gasteiger partial charge in [-0.15, -0.1) is 0 Å². The van der Waals surface area contributed by atoms with E-state index in [1.807, 2.05) is 18.6 Å². The van der Waals surface area contributed by atoms with Crippen molar-refractivity contribution < 1.29 is 0 Å². The van der Waals surface area contributed by atoms with Crippen molar-refractivity contribution in [3.8, 4) is 5.82 Å². The number of pyridine rings is 1. The summed E-state index contributed by atoms with van der Waals surface area (Å²) in [5.41, 5.74) is 1.22. The predicted molar refractivity (Wildman–Crippen MR) is 82.1 cm³/mol. The van der Waals surface area contributed by atoms with Gasteiger partial charge in [0.2, 0.25) is 0 Å². The number of hydrogen-bond acceptors (Lipinski definition) is 3. The summed E-state index contributed by atoms with van der Waals surface area (Å²) in [6.45, 7) is 7.54. The number of aromatic nitrogens is 3. The van der Waals surface area contributed by atoms with Crippen molar-refractivity contribution in [3.63, 3.8) is 0 Å². The molecule has 0 aliphatic rings. The van der Waals surface area contributed by atoms with Crippen molar-refractivity contribution in [2.24, 2.45) is 0 Å². The minimum atomic E-state index is 0.342. The van der Waals surface area contributed by atoms with E-state index in [9.17, 15) is 0 Å². The summed E-state index contributed by atoms with van der Waals surface area (Å²) in [5, 5.41) is 3.48. The summed E-state index contributed by atoms with van der Waals surface area (Å²) in [5.74, 6) is 2.02. The molecule has 4 nitrogen and oxygen atoms in total. The topological polar surface area (TPSA) is 42.7 Å². The molecule has 2 aromatic rings. The summed E-state index contributed by atoms with van der Waals surface area (Å²) in [6.07, 6.45) is 8.99. The molecule has 0 bridgehead atoms. The van der Waals surface area contributed by atoms with E-state index in [1.165, 1.54) is 5.56 Å². The summed E-state index contributed by atoms with van der Waals surface area (Å²) in [7, 11) is 0. The lowest BCUT2D eigenvalue weighted by Gasteiger charge is -2.14. The van der Waals surface area contributed by atoms with E-state index < -0.39 is 0 Å². The Kier molecular flexibility index (Phi) is 5.30. The standard InChI is InChI=1S/C16H24N4/c1-4-6-15-18-10-11-20(15)16-8-7-14(12-19-16)13(3)17-9-5-2/h7-8,10-13,17H,4-6,9H2,1-3H3. The maximum absolute atomic E-state index is 4.58. The zero-order valence-corrected chi connectivity index (χ0v) is 12.6. The smallest absolute Gasteiger partial charge is 0.137 e. The lowest BCUT2D eigenvalue weighted by atomic mass is 10.1. The molecule has 0 spiro atoms. The van der Waals surface area contributed by atoms with Crippen LogP contribution in [0.3, 0.4) is 0 Å². The Bertz CT molecular complexity index is 516. The number of hydrogen-bond donors (Lipinski definition) is 1. The molecular weight excluding hydrogens is 248 g/mol. The Morgan fingerprint density at radius 3 is 2.70 bits per heavy atom. The van der Waals surface area contributed by atoms with Crippen LogP contribution in [0.2, 0.25) is 0 Å². The second-order valence-corrected chi connectivity index (χ2v) is 5.09. The summed E-state index contributed by atoms with van der Waals surface area (Å²) in [4.78, 5) is 8.97. The van der Waals surface area contributed by atoms with Gasteiger partial charge in [-0.25, -0.2) is 9.97 Å². The average molecular weight is 272 g/mol. The molecule has 108 valence electrons. The molecule has 2 heterocycles. The highest BCUT2D eigenvalue weighted by Gasteiger charge is 2.08. The van der Waals surface area contributed by atoms with Crippen molar-refractivity contribution in [1.82, 2.24) is 19.9 Å². The van der Waals surface area contributed by atoms with Crippen LogP contribution in [0.4, 0.5) is 0 Å². The largest absolute Gasteiger partial charge is 0.310 e. The first-order valence-corrected chi connectivity index (χ1v) is 7.48. The molecule has 1 atom stereocenters. The first kappa shape index (κ1) is 14.7. The molecule has 0 aromatic carbocycles. The highest BCUT2D eigenvalue weighted by Crippen LogP contribution is 2.14. The number of nitrogens with zero attached hydrogens (tertiary/aromatic N) is 3. The third kappa shape index (κ3) is 3.45. The van der Waals surface area contributed by atoms with Gasteiger partial charge in [0.1, 0.15) is 11.6 Å². The minimum absolute atomic E-state index is 0.342. The summed E-state index contributed by atoms with van der Waals surface area (Å²) in [6, 6.07) is 4.56. The van der Waals surface area contributed by atoms with Gasteiger partial charge in [0, 0.05) is 31.1 Å². The van der Waals surface area contributed by atoms with Crippen molar-refractivity contribution >= 4 is 0 Å². The van der Waals surface area contributed by atoms with Gasteiger partial charge >= 0.3 is 0 Å². The van der Waals surface area contributed by atoms with Gasteiger partial charge in [0.25, 0.3) is 0 Å². The minimum Gasteiger partial charge on any atom is -0.310 e. The molecule has 0 saturated carbocycles. The van der Waals surface area contributed by atoms with Gasteiger partial charge in [-0.2, -0.15) is 0 Å². The van der Waals surface area contributed by atoms with E-state index in [2.05, 4.69) is 52.8 Å². The lowest BCUT2D eigenvalue weighted by molar-refractivity contribution is 0.569. The van der Waals surface area contributed by atoms with Crippen LogP contribution in [0.15, 0.2) is 30.7 Å². The second-order valence-electron chi connectivity index (χ2n) is 5.09. The highest BCUT2D eigenvalue weighted by molar-refractivity contribution is 5.28. The maximum atomic E-state index is 4.58. The zero-order valence-electron chi connectivity index (χ0n) is 12.6. The zero-order chi connectivity index (χ0) is 14.4. The van der Waals surface area contributed by atoms with Crippen LogP contribution in [0.1, 0.15) is 51.0 Å². The Hall–Kier alpha value is -1.68. The first-order valence-electron chi connectivity index (χ1n) is 7.48. The molecule has 4 heteroatoms. The van der Waals surface area contributed by atoms with Crippen LogP contribution >= 0.6 is 0 Å². The van der Waals surface area contributed by atoms with Crippen molar-refractivity contribution in [2.45, 2.75) is 46.1 Å². The van der Waals surface area contributed by atoms with Gasteiger partial charge < -0.3 is 5.32 Å². The number of rotatable bonds is 7. The Morgan fingerprint density at radius 2 is 2.05 bits per heavy atom. The number of nitrogens with one attached hydrogen (secondary N) is 1. The van der Waals surface area contributed by atoms with Crippen molar-refractivity contribution in [1.29, 1.82) is 0 Å². The molecule has 1 N–H and O–H groups in total. The van der Waals surface area contributed by atoms with Gasteiger partial charge in [-0.05, 0) is 37.9 Å². The van der Waals surface area contributed by atoms with E-state index in [0.717, 1.165) is 37.4 Å². The van der Waals surface area contributed by atoms with Gasteiger partial charge in [0.05, 0.1) is 0 Å². The van der Waals surface area contributed by atoms with Gasteiger partial charge in [0.15, 0.2) is 0 Å². The average Bonchev–Trinajstić information content (AvgIpc) is 2.93. The van der Waals surface area contributed by atoms with Crippen molar-refractivity contribution in [3.05, 3.63) is 42.1 Å². The van der Waals surface area contributed by atoms with Crippen LogP contribution in [0, 0.1) is 0 Å². The molecule has 0 aliphatic heterocycles. The molecule has 2 rings (SSSR count). The summed E-state index contributed by atoms with van der Waals surface area (Å²) < 4.78 is 2.07. The van der Waals surface area contributed by atoms with Crippen molar-refractivity contribution in [2.75, 3.05) is 6.54 Å². The quantitative estimate of drug-likeness (QED) is 0.841. The van der Waals surface area contributed by atoms with Crippen LogP contribution in [-0.2, 0) is 6.42 Å². The monoisotopic (exact) mass is 272 g/mol. The molecule has 0 fully saturated rings. The second kappa shape index (κ2) is 7.20. The predicted octanol–water partition coefficient (Wildman–Crippen LogP) is 3.28. The Balaban J connectivity index is 2.13. The summed E-state index contributed by atoms with van der Waals surface area (Å²) >= 11 is 0. The molecule has 2 aromatic heterocycles. The number of aryl methyl sites for hydroxylation is 1. The molecule has 0 amide bonds. The van der Waals surface area contributed by atoms with E-state index >= 15 is 0 Å². The van der Waals surface area contributed by atoms with Gasteiger partial charge in [-0.1, -0.05) is 19.9 Å². The number of imidazole rings is 1. The Labute approximate surface area is 121 Å². The Morgan fingerprint density at radius 1 is 1.20 bits per heavy atom. The SMILES string of the molecule is CCCNC(C)c1ccc(-n2ccnc2CCC)nc1. The molecule has 0 saturated heterocycles. The maximum Gasteiger partial charge on any atom is 0.137 e. The molecule has 20 heavy (non-hydrogen) atoms. The van der Waals surface area contributed by atoms with Gasteiger partial charge in [-0.3, -0.25) is 4.57 Å². The molecule has 1 unspecified atom stereocenters. The van der Waals surface area contributed by atoms with Crippen LogP contribution < -0.4 is 5.32 Å². The van der Waals surface area contributed by atoms with E-state index in [4.69, 9.17) is 0 Å². The molecular formula is C16H24N4. The fourth-order valence-corrected chi connectivity index (χ4v) is 2.23. The third-order valence-electron chi connectivity index (χ3n) is 3.41. The third-order valence-corrected chi connectivity index (χ3v) is 3.41. The van der Waals surface area contributed by atoms with E-state index in [0.29, 0.717) is 6.04 Å². The van der Waals surface area contributed by atoms with E-state index in [-0.39, 0.29) is 0 Å². The normalized spacial score (nSPS) is 12.6. The van der Waals surface area contributed by atoms with Crippen LogP contribution in [-0.4, -0.2) is 21.1 Å². The van der Waals surface area contributed by atoms with Crippen LogP contribution in [0.5, 0.6) is 0 Å². The fraction of sp³-hybridized carbons (Fsp3) is 0.500. The first-order chi connectivity index (χ1) is 9.76. The van der Waals surface area contributed by atoms with E-state index in [1.54, 1.807) is 0 Å². The fourth-order valence-electron chi connectivity index (χ4n) is 2.23.